The van der Waals surface area contributed by atoms with E-state index in [1.807, 2.05) is 25.1 Å². The number of nitrogens with zero attached hydrogens (tertiary/aromatic N) is 2. The normalized spacial score (nSPS) is 10.5. The van der Waals surface area contributed by atoms with Gasteiger partial charge in [-0.25, -0.2) is 0 Å². The van der Waals surface area contributed by atoms with Gasteiger partial charge in [-0.2, -0.15) is 5.26 Å². The van der Waals surface area contributed by atoms with Gasteiger partial charge in [0, 0.05) is 25.9 Å². The van der Waals surface area contributed by atoms with Gasteiger partial charge in [-0.15, -0.1) is 0 Å². The molecular weight excluding hydrogens is 100 g/mol. The summed E-state index contributed by atoms with van der Waals surface area (Å²) in [6, 6.07) is 2.02. The fraction of sp³-hybridized carbons (Fsp3) is 0.500. The van der Waals surface area contributed by atoms with E-state index in [0.717, 1.165) is 5.57 Å². The van der Waals surface area contributed by atoms with Gasteiger partial charge in [0.2, 0.25) is 0 Å². The van der Waals surface area contributed by atoms with Gasteiger partial charge in [-0.3, -0.25) is 0 Å². The number of hydrogen-bond acceptors (Lipinski definition) is 2. The molecule has 0 aromatic carbocycles. The van der Waals surface area contributed by atoms with E-state index < -0.39 is 0 Å². The highest BCUT2D eigenvalue weighted by molar-refractivity contribution is 5.15. The zero-order chi connectivity index (χ0) is 6.57. The molecule has 0 atom stereocenters. The Kier molecular flexibility index (Phi) is 2.71. The summed E-state index contributed by atoms with van der Waals surface area (Å²) in [5, 5.41) is 8.24. The minimum Gasteiger partial charge on any atom is -0.383 e. The molecule has 2 heteroatoms. The highest BCUT2D eigenvalue weighted by Gasteiger charge is 1.81. The monoisotopic (exact) mass is 110 g/mol. The number of nitriles is 1. The van der Waals surface area contributed by atoms with Crippen LogP contribution in [-0.4, -0.2) is 19.0 Å². The van der Waals surface area contributed by atoms with Crippen molar-refractivity contribution in [3.63, 3.8) is 0 Å². The summed E-state index contributed by atoms with van der Waals surface area (Å²) in [5.74, 6) is 0. The maximum absolute atomic E-state index is 8.24. The molecule has 0 spiro atoms. The topological polar surface area (TPSA) is 27.0 Å². The standard InChI is InChI=1S/C6H10N2/c1-6(4-7)5-8(2)3/h5H,1-3H3/b6-5+. The van der Waals surface area contributed by atoms with Gasteiger partial charge in [0.15, 0.2) is 0 Å². The molecular formula is C6H10N2. The second kappa shape index (κ2) is 3.09. The SMILES string of the molecule is C/C(C#N)=C\N(C)C. The Morgan fingerprint density at radius 2 is 2.12 bits per heavy atom. The second-order valence-corrected chi connectivity index (χ2v) is 1.89. The van der Waals surface area contributed by atoms with Crippen LogP contribution in [-0.2, 0) is 0 Å². The molecule has 0 aliphatic rings. The van der Waals surface area contributed by atoms with Crippen molar-refractivity contribution in [1.82, 2.24) is 4.90 Å². The van der Waals surface area contributed by atoms with E-state index in [9.17, 15) is 0 Å². The van der Waals surface area contributed by atoms with Gasteiger partial charge in [-0.05, 0) is 6.92 Å². The Morgan fingerprint density at radius 3 is 2.25 bits per heavy atom. The van der Waals surface area contributed by atoms with Crippen molar-refractivity contribution >= 4 is 0 Å². The Labute approximate surface area is 50.0 Å². The lowest BCUT2D eigenvalue weighted by molar-refractivity contribution is 0.560. The fourth-order valence-corrected chi connectivity index (χ4v) is 0.416. The quantitative estimate of drug-likeness (QED) is 0.470. The van der Waals surface area contributed by atoms with Crippen LogP contribution < -0.4 is 0 Å². The van der Waals surface area contributed by atoms with Crippen LogP contribution in [0.1, 0.15) is 6.92 Å². The first-order valence-corrected chi connectivity index (χ1v) is 2.41. The molecule has 0 bridgehead atoms. The molecule has 0 fully saturated rings. The van der Waals surface area contributed by atoms with Gasteiger partial charge < -0.3 is 4.90 Å². The average Bonchev–Trinajstić information content (AvgIpc) is 1.65. The smallest absolute Gasteiger partial charge is 0.0959 e. The highest BCUT2D eigenvalue weighted by atomic mass is 15.0. The number of allylic oxidation sites excluding steroid dienone is 1. The van der Waals surface area contributed by atoms with Gasteiger partial charge >= 0.3 is 0 Å². The second-order valence-electron chi connectivity index (χ2n) is 1.89. The highest BCUT2D eigenvalue weighted by Crippen LogP contribution is 1.88. The molecule has 0 aliphatic carbocycles. The van der Waals surface area contributed by atoms with E-state index in [1.165, 1.54) is 0 Å². The Bertz CT molecular complexity index is 128. The van der Waals surface area contributed by atoms with Crippen molar-refractivity contribution in [3.8, 4) is 6.07 Å². The summed E-state index contributed by atoms with van der Waals surface area (Å²) in [6.07, 6.45) is 1.78. The molecule has 0 aromatic rings. The van der Waals surface area contributed by atoms with Crippen LogP contribution in [0, 0.1) is 11.3 Å². The zero-order valence-electron chi connectivity index (χ0n) is 5.47. The van der Waals surface area contributed by atoms with Gasteiger partial charge in [0.05, 0.1) is 6.07 Å². The lowest BCUT2D eigenvalue weighted by Gasteiger charge is -2.02. The molecule has 0 saturated heterocycles. The first kappa shape index (κ1) is 7.03. The van der Waals surface area contributed by atoms with Crippen LogP contribution >= 0.6 is 0 Å². The zero-order valence-corrected chi connectivity index (χ0v) is 5.47. The lowest BCUT2D eigenvalue weighted by Crippen LogP contribution is -2.01. The van der Waals surface area contributed by atoms with Crippen molar-refractivity contribution in [2.75, 3.05) is 14.1 Å². The molecule has 0 N–H and O–H groups in total. The van der Waals surface area contributed by atoms with Gasteiger partial charge in [0.25, 0.3) is 0 Å². The molecule has 0 radical (unpaired) electrons. The molecule has 0 unspecified atom stereocenters. The van der Waals surface area contributed by atoms with Crippen molar-refractivity contribution in [1.29, 1.82) is 5.26 Å². The summed E-state index contributed by atoms with van der Waals surface area (Å²) in [7, 11) is 3.78. The summed E-state index contributed by atoms with van der Waals surface area (Å²) in [5.41, 5.74) is 0.731. The van der Waals surface area contributed by atoms with E-state index in [4.69, 9.17) is 5.26 Å². The molecule has 0 aromatic heterocycles. The van der Waals surface area contributed by atoms with E-state index in [-0.39, 0.29) is 0 Å². The van der Waals surface area contributed by atoms with E-state index in [1.54, 1.807) is 13.1 Å². The first-order valence-electron chi connectivity index (χ1n) is 2.41. The Morgan fingerprint density at radius 1 is 1.62 bits per heavy atom. The minimum absolute atomic E-state index is 0.731. The average molecular weight is 110 g/mol. The molecule has 0 saturated carbocycles. The van der Waals surface area contributed by atoms with E-state index >= 15 is 0 Å². The third kappa shape index (κ3) is 3.23. The van der Waals surface area contributed by atoms with Crippen LogP contribution in [0.25, 0.3) is 0 Å². The third-order valence-corrected chi connectivity index (χ3v) is 0.628. The first-order chi connectivity index (χ1) is 3.66. The third-order valence-electron chi connectivity index (χ3n) is 0.628. The lowest BCUT2D eigenvalue weighted by atomic mass is 10.4. The predicted molar refractivity (Wildman–Crippen MR) is 33.1 cm³/mol. The maximum atomic E-state index is 8.24. The molecule has 0 aliphatic heterocycles. The van der Waals surface area contributed by atoms with Crippen molar-refractivity contribution < 1.29 is 0 Å². The summed E-state index contributed by atoms with van der Waals surface area (Å²) in [4.78, 5) is 1.85. The van der Waals surface area contributed by atoms with Crippen LogP contribution in [0.15, 0.2) is 11.8 Å². The van der Waals surface area contributed by atoms with Crippen molar-refractivity contribution in [2.45, 2.75) is 6.92 Å². The Hall–Kier alpha value is -0.970. The number of hydrogen-bond donors (Lipinski definition) is 0. The Balaban J connectivity index is 3.80. The molecule has 0 heterocycles. The summed E-state index contributed by atoms with van der Waals surface area (Å²) in [6.45, 7) is 1.78. The van der Waals surface area contributed by atoms with Crippen molar-refractivity contribution in [3.05, 3.63) is 11.8 Å². The summed E-state index contributed by atoms with van der Waals surface area (Å²) < 4.78 is 0. The molecule has 0 rings (SSSR count). The van der Waals surface area contributed by atoms with E-state index in [0.29, 0.717) is 0 Å². The minimum atomic E-state index is 0.731. The van der Waals surface area contributed by atoms with Crippen LogP contribution in [0.3, 0.4) is 0 Å². The molecule has 44 valence electrons. The summed E-state index contributed by atoms with van der Waals surface area (Å²) >= 11 is 0. The van der Waals surface area contributed by atoms with Crippen LogP contribution in [0.2, 0.25) is 0 Å². The predicted octanol–water partition coefficient (Wildman–Crippen LogP) is 0.975. The molecule has 2 nitrogen and oxygen atoms in total. The largest absolute Gasteiger partial charge is 0.383 e. The molecule has 0 amide bonds. The van der Waals surface area contributed by atoms with Gasteiger partial charge in [0.1, 0.15) is 0 Å². The number of rotatable bonds is 1. The fourth-order valence-electron chi connectivity index (χ4n) is 0.416. The van der Waals surface area contributed by atoms with E-state index in [2.05, 4.69) is 0 Å². The van der Waals surface area contributed by atoms with Crippen LogP contribution in [0.4, 0.5) is 0 Å². The molecule has 8 heavy (non-hydrogen) atoms. The van der Waals surface area contributed by atoms with Crippen molar-refractivity contribution in [2.24, 2.45) is 0 Å². The van der Waals surface area contributed by atoms with Crippen LogP contribution in [0.5, 0.6) is 0 Å². The van der Waals surface area contributed by atoms with Gasteiger partial charge in [-0.1, -0.05) is 0 Å². The maximum Gasteiger partial charge on any atom is 0.0959 e.